The van der Waals surface area contributed by atoms with Crippen molar-refractivity contribution in [2.75, 3.05) is 25.1 Å². The molecular formula is C23H24N2O3. The standard InChI is InChI=1S/C23H24N2O3/c1-16-6-8-17(9-7-16)20-21(24-14-4-3-5-15-24)23(27)25(22(20)26)18-10-12-19(28-2)13-11-18/h6-13H,3-5,14-15H2,1-2H3. The Morgan fingerprint density at radius 1 is 0.821 bits per heavy atom. The summed E-state index contributed by atoms with van der Waals surface area (Å²) in [5, 5.41) is 0. The third kappa shape index (κ3) is 3.17. The molecule has 2 aliphatic heterocycles. The van der Waals surface area contributed by atoms with Crippen LogP contribution < -0.4 is 9.64 Å². The van der Waals surface area contributed by atoms with Crippen LogP contribution in [-0.4, -0.2) is 36.9 Å². The Morgan fingerprint density at radius 2 is 1.46 bits per heavy atom. The minimum Gasteiger partial charge on any atom is -0.497 e. The first-order valence-electron chi connectivity index (χ1n) is 9.69. The van der Waals surface area contributed by atoms with Crippen molar-refractivity contribution in [1.29, 1.82) is 0 Å². The van der Waals surface area contributed by atoms with Gasteiger partial charge in [-0.1, -0.05) is 29.8 Å². The fourth-order valence-electron chi connectivity index (χ4n) is 3.88. The first-order chi connectivity index (χ1) is 13.6. The summed E-state index contributed by atoms with van der Waals surface area (Å²) in [6.45, 7) is 3.62. The molecule has 4 rings (SSSR count). The van der Waals surface area contributed by atoms with Crippen molar-refractivity contribution in [2.45, 2.75) is 26.2 Å². The molecular weight excluding hydrogens is 352 g/mol. The molecule has 0 unspecified atom stereocenters. The monoisotopic (exact) mass is 376 g/mol. The second-order valence-corrected chi connectivity index (χ2v) is 7.28. The van der Waals surface area contributed by atoms with E-state index in [1.165, 1.54) is 4.90 Å². The van der Waals surface area contributed by atoms with E-state index in [2.05, 4.69) is 4.90 Å². The van der Waals surface area contributed by atoms with Gasteiger partial charge in [0, 0.05) is 13.1 Å². The van der Waals surface area contributed by atoms with Gasteiger partial charge in [-0.05, 0) is 56.0 Å². The van der Waals surface area contributed by atoms with Crippen molar-refractivity contribution in [3.63, 3.8) is 0 Å². The molecule has 0 spiro atoms. The minimum absolute atomic E-state index is 0.243. The Balaban J connectivity index is 1.79. The number of rotatable bonds is 4. The fraction of sp³-hybridized carbons (Fsp3) is 0.304. The SMILES string of the molecule is COc1ccc(N2C(=O)C(c3ccc(C)cc3)=C(N3CCCCC3)C2=O)cc1. The highest BCUT2D eigenvalue weighted by molar-refractivity contribution is 6.45. The third-order valence-electron chi connectivity index (χ3n) is 5.40. The number of methoxy groups -OCH3 is 1. The van der Waals surface area contributed by atoms with Crippen LogP contribution in [0.2, 0.25) is 0 Å². The lowest BCUT2D eigenvalue weighted by Crippen LogP contribution is -2.37. The number of anilines is 1. The fourth-order valence-corrected chi connectivity index (χ4v) is 3.88. The first kappa shape index (κ1) is 18.3. The lowest BCUT2D eigenvalue weighted by atomic mass is 10.0. The number of nitrogens with zero attached hydrogens (tertiary/aromatic N) is 2. The van der Waals surface area contributed by atoms with Gasteiger partial charge in [-0.2, -0.15) is 0 Å². The van der Waals surface area contributed by atoms with Gasteiger partial charge in [-0.25, -0.2) is 4.90 Å². The Kier molecular flexibility index (Phi) is 4.90. The third-order valence-corrected chi connectivity index (χ3v) is 5.40. The van der Waals surface area contributed by atoms with Crippen LogP contribution in [0.25, 0.3) is 5.57 Å². The maximum absolute atomic E-state index is 13.4. The molecule has 0 radical (unpaired) electrons. The summed E-state index contributed by atoms with van der Waals surface area (Å²) >= 11 is 0. The topological polar surface area (TPSA) is 49.9 Å². The van der Waals surface area contributed by atoms with E-state index >= 15 is 0 Å². The summed E-state index contributed by atoms with van der Waals surface area (Å²) in [6.07, 6.45) is 3.23. The molecule has 0 aromatic heterocycles. The average Bonchev–Trinajstić information content (AvgIpc) is 2.99. The normalized spacial score (nSPS) is 17.5. The highest BCUT2D eigenvalue weighted by atomic mass is 16.5. The molecule has 1 fully saturated rings. The predicted molar refractivity (Wildman–Crippen MR) is 109 cm³/mol. The zero-order valence-corrected chi connectivity index (χ0v) is 16.3. The maximum atomic E-state index is 13.4. The number of aryl methyl sites for hydroxylation is 1. The highest BCUT2D eigenvalue weighted by Gasteiger charge is 2.42. The van der Waals surface area contributed by atoms with Crippen molar-refractivity contribution in [1.82, 2.24) is 4.90 Å². The van der Waals surface area contributed by atoms with Gasteiger partial charge in [-0.15, -0.1) is 0 Å². The summed E-state index contributed by atoms with van der Waals surface area (Å²) in [4.78, 5) is 30.2. The molecule has 5 nitrogen and oxygen atoms in total. The van der Waals surface area contributed by atoms with Crippen LogP contribution in [0, 0.1) is 6.92 Å². The van der Waals surface area contributed by atoms with E-state index in [4.69, 9.17) is 4.74 Å². The van der Waals surface area contributed by atoms with Crippen LogP contribution in [0.15, 0.2) is 54.2 Å². The Bertz CT molecular complexity index is 923. The van der Waals surface area contributed by atoms with Crippen LogP contribution in [0.4, 0.5) is 5.69 Å². The number of carbonyl (C=O) groups excluding carboxylic acids is 2. The van der Waals surface area contributed by atoms with Crippen molar-refractivity contribution >= 4 is 23.1 Å². The summed E-state index contributed by atoms with van der Waals surface area (Å²) in [5.74, 6) is 0.179. The van der Waals surface area contributed by atoms with Crippen LogP contribution in [0.5, 0.6) is 5.75 Å². The summed E-state index contributed by atoms with van der Waals surface area (Å²) < 4.78 is 5.20. The molecule has 0 atom stereocenters. The van der Waals surface area contributed by atoms with Gasteiger partial charge >= 0.3 is 0 Å². The molecule has 144 valence electrons. The van der Waals surface area contributed by atoms with Gasteiger partial charge in [0.2, 0.25) is 0 Å². The maximum Gasteiger partial charge on any atom is 0.282 e. The smallest absolute Gasteiger partial charge is 0.282 e. The van der Waals surface area contributed by atoms with Crippen LogP contribution in [-0.2, 0) is 9.59 Å². The first-order valence-corrected chi connectivity index (χ1v) is 9.69. The Hall–Kier alpha value is -3.08. The summed E-state index contributed by atoms with van der Waals surface area (Å²) in [7, 11) is 1.59. The molecule has 0 saturated carbocycles. The zero-order chi connectivity index (χ0) is 19.7. The predicted octanol–water partition coefficient (Wildman–Crippen LogP) is 3.77. The average molecular weight is 376 g/mol. The molecule has 2 heterocycles. The minimum atomic E-state index is -0.264. The summed E-state index contributed by atoms with van der Waals surface area (Å²) in [5.41, 5.74) is 3.51. The largest absolute Gasteiger partial charge is 0.497 e. The molecule has 2 aromatic carbocycles. The van der Waals surface area contributed by atoms with Gasteiger partial charge in [0.25, 0.3) is 11.8 Å². The van der Waals surface area contributed by atoms with E-state index in [0.717, 1.165) is 43.5 Å². The Morgan fingerprint density at radius 3 is 2.07 bits per heavy atom. The van der Waals surface area contributed by atoms with Gasteiger partial charge in [-0.3, -0.25) is 9.59 Å². The van der Waals surface area contributed by atoms with E-state index in [1.54, 1.807) is 31.4 Å². The van der Waals surface area contributed by atoms with Crippen molar-refractivity contribution in [3.8, 4) is 5.75 Å². The van der Waals surface area contributed by atoms with Crippen molar-refractivity contribution in [2.24, 2.45) is 0 Å². The van der Waals surface area contributed by atoms with E-state index in [-0.39, 0.29) is 11.8 Å². The number of piperidine rings is 1. The molecule has 2 amide bonds. The van der Waals surface area contributed by atoms with Gasteiger partial charge in [0.15, 0.2) is 0 Å². The number of imide groups is 1. The van der Waals surface area contributed by atoms with E-state index in [1.807, 2.05) is 31.2 Å². The van der Waals surface area contributed by atoms with Crippen molar-refractivity contribution in [3.05, 3.63) is 65.4 Å². The lowest BCUT2D eigenvalue weighted by molar-refractivity contribution is -0.120. The van der Waals surface area contributed by atoms with Crippen molar-refractivity contribution < 1.29 is 14.3 Å². The number of amides is 2. The van der Waals surface area contributed by atoms with E-state index in [9.17, 15) is 9.59 Å². The van der Waals surface area contributed by atoms with E-state index in [0.29, 0.717) is 22.7 Å². The highest BCUT2D eigenvalue weighted by Crippen LogP contribution is 2.36. The van der Waals surface area contributed by atoms with Crippen LogP contribution in [0.3, 0.4) is 0 Å². The molecule has 28 heavy (non-hydrogen) atoms. The number of hydrogen-bond acceptors (Lipinski definition) is 4. The quantitative estimate of drug-likeness (QED) is 0.762. The molecule has 5 heteroatoms. The number of ether oxygens (including phenoxy) is 1. The van der Waals surface area contributed by atoms with Gasteiger partial charge in [0.05, 0.1) is 18.4 Å². The van der Waals surface area contributed by atoms with E-state index < -0.39 is 0 Å². The molecule has 0 aliphatic carbocycles. The second kappa shape index (κ2) is 7.50. The molecule has 0 N–H and O–H groups in total. The number of benzene rings is 2. The molecule has 0 bridgehead atoms. The summed E-state index contributed by atoms with van der Waals surface area (Å²) in [6, 6.07) is 14.8. The number of carbonyl (C=O) groups is 2. The zero-order valence-electron chi connectivity index (χ0n) is 16.3. The molecule has 2 aromatic rings. The van der Waals surface area contributed by atoms with Gasteiger partial charge in [0.1, 0.15) is 11.4 Å². The Labute approximate surface area is 165 Å². The van der Waals surface area contributed by atoms with Gasteiger partial charge < -0.3 is 9.64 Å². The molecule has 1 saturated heterocycles. The molecule has 2 aliphatic rings. The lowest BCUT2D eigenvalue weighted by Gasteiger charge is -2.29. The number of hydrogen-bond donors (Lipinski definition) is 0. The second-order valence-electron chi connectivity index (χ2n) is 7.28. The van der Waals surface area contributed by atoms with Crippen LogP contribution >= 0.6 is 0 Å². The number of likely N-dealkylation sites (tertiary alicyclic amines) is 1. The van der Waals surface area contributed by atoms with Crippen LogP contribution in [0.1, 0.15) is 30.4 Å².